The molecule has 0 aromatic heterocycles. The standard InChI is InChI=1S/C12H13FN2O3S/c1-14(9-4-5-19-7-9)12(16)8-2-3-10(13)11(6-8)15(17)18/h2-3,6,9H,4-5,7H2,1H3. The van der Waals surface area contributed by atoms with Gasteiger partial charge in [0.15, 0.2) is 0 Å². The van der Waals surface area contributed by atoms with Gasteiger partial charge in [-0.3, -0.25) is 14.9 Å². The van der Waals surface area contributed by atoms with Crippen molar-refractivity contribution in [3.05, 3.63) is 39.7 Å². The van der Waals surface area contributed by atoms with Gasteiger partial charge >= 0.3 is 5.69 Å². The average Bonchev–Trinajstić information content (AvgIpc) is 2.91. The first-order valence-corrected chi connectivity index (χ1v) is 6.95. The Bertz CT molecular complexity index is 518. The summed E-state index contributed by atoms with van der Waals surface area (Å²) in [5.74, 6) is 0.633. The Balaban J connectivity index is 2.23. The molecule has 1 aromatic carbocycles. The second kappa shape index (κ2) is 5.56. The zero-order valence-electron chi connectivity index (χ0n) is 10.3. The van der Waals surface area contributed by atoms with Crippen LogP contribution in [0.3, 0.4) is 0 Å². The topological polar surface area (TPSA) is 63.5 Å². The summed E-state index contributed by atoms with van der Waals surface area (Å²) in [6, 6.07) is 3.38. The lowest BCUT2D eigenvalue weighted by molar-refractivity contribution is -0.387. The van der Waals surface area contributed by atoms with E-state index in [0.29, 0.717) is 0 Å². The van der Waals surface area contributed by atoms with Crippen LogP contribution in [0.4, 0.5) is 10.1 Å². The molecule has 0 N–H and O–H groups in total. The van der Waals surface area contributed by atoms with E-state index in [1.54, 1.807) is 23.7 Å². The molecule has 1 atom stereocenters. The maximum atomic E-state index is 13.2. The smallest absolute Gasteiger partial charge is 0.305 e. The molecule has 2 rings (SSSR count). The van der Waals surface area contributed by atoms with Crippen molar-refractivity contribution in [2.45, 2.75) is 12.5 Å². The highest BCUT2D eigenvalue weighted by atomic mass is 32.2. The van der Waals surface area contributed by atoms with E-state index in [1.807, 2.05) is 0 Å². The van der Waals surface area contributed by atoms with Gasteiger partial charge in [0.05, 0.1) is 4.92 Å². The normalized spacial score (nSPS) is 18.3. The Hall–Kier alpha value is -1.63. The van der Waals surface area contributed by atoms with E-state index in [2.05, 4.69) is 0 Å². The summed E-state index contributed by atoms with van der Waals surface area (Å²) in [5.41, 5.74) is -0.521. The number of carbonyl (C=O) groups is 1. The van der Waals surface area contributed by atoms with E-state index in [-0.39, 0.29) is 17.5 Å². The molecular formula is C12H13FN2O3S. The predicted octanol–water partition coefficient (Wildman–Crippen LogP) is 2.31. The molecule has 19 heavy (non-hydrogen) atoms. The van der Waals surface area contributed by atoms with Crippen molar-refractivity contribution >= 4 is 23.4 Å². The molecule has 1 unspecified atom stereocenters. The number of rotatable bonds is 3. The second-order valence-corrected chi connectivity index (χ2v) is 5.51. The largest absolute Gasteiger partial charge is 0.338 e. The van der Waals surface area contributed by atoms with Crippen molar-refractivity contribution in [1.82, 2.24) is 4.90 Å². The van der Waals surface area contributed by atoms with Gasteiger partial charge in [0.2, 0.25) is 5.82 Å². The molecule has 1 aromatic rings. The minimum Gasteiger partial charge on any atom is -0.338 e. The van der Waals surface area contributed by atoms with Crippen LogP contribution in [0, 0.1) is 15.9 Å². The lowest BCUT2D eigenvalue weighted by Gasteiger charge is -2.23. The van der Waals surface area contributed by atoms with Crippen molar-refractivity contribution in [3.63, 3.8) is 0 Å². The van der Waals surface area contributed by atoms with Crippen LogP contribution in [0.2, 0.25) is 0 Å². The van der Waals surface area contributed by atoms with Crippen LogP contribution in [-0.4, -0.2) is 40.3 Å². The summed E-state index contributed by atoms with van der Waals surface area (Å²) in [7, 11) is 1.67. The van der Waals surface area contributed by atoms with Gasteiger partial charge in [0.25, 0.3) is 5.91 Å². The number of thioether (sulfide) groups is 1. The fraction of sp³-hybridized carbons (Fsp3) is 0.417. The number of hydrogen-bond donors (Lipinski definition) is 0. The van der Waals surface area contributed by atoms with Crippen LogP contribution < -0.4 is 0 Å². The highest BCUT2D eigenvalue weighted by Gasteiger charge is 2.26. The Kier molecular flexibility index (Phi) is 4.04. The number of halogens is 1. The first kappa shape index (κ1) is 13.8. The lowest BCUT2D eigenvalue weighted by atomic mass is 10.1. The third kappa shape index (κ3) is 2.86. The van der Waals surface area contributed by atoms with E-state index in [4.69, 9.17) is 0 Å². The fourth-order valence-electron chi connectivity index (χ4n) is 1.98. The van der Waals surface area contributed by atoms with E-state index < -0.39 is 16.4 Å². The summed E-state index contributed by atoms with van der Waals surface area (Å²) in [6.45, 7) is 0. The van der Waals surface area contributed by atoms with E-state index >= 15 is 0 Å². The Morgan fingerprint density at radius 1 is 1.58 bits per heavy atom. The van der Waals surface area contributed by atoms with Crippen molar-refractivity contribution < 1.29 is 14.1 Å². The molecule has 0 bridgehead atoms. The quantitative estimate of drug-likeness (QED) is 0.631. The molecule has 1 heterocycles. The molecule has 7 heteroatoms. The van der Waals surface area contributed by atoms with Gasteiger partial charge in [-0.25, -0.2) is 0 Å². The van der Waals surface area contributed by atoms with Crippen LogP contribution in [-0.2, 0) is 0 Å². The van der Waals surface area contributed by atoms with Gasteiger partial charge < -0.3 is 4.90 Å². The third-order valence-electron chi connectivity index (χ3n) is 3.16. The molecule has 0 aliphatic carbocycles. The summed E-state index contributed by atoms with van der Waals surface area (Å²) < 4.78 is 13.2. The van der Waals surface area contributed by atoms with Gasteiger partial charge in [-0.15, -0.1) is 0 Å². The fourth-order valence-corrected chi connectivity index (χ4v) is 3.25. The molecule has 0 saturated carbocycles. The van der Waals surface area contributed by atoms with Crippen molar-refractivity contribution in [1.29, 1.82) is 0 Å². The molecule has 1 aliphatic heterocycles. The highest BCUT2D eigenvalue weighted by Crippen LogP contribution is 2.24. The SMILES string of the molecule is CN(C(=O)c1ccc(F)c([N+](=O)[O-])c1)C1CCSC1. The Morgan fingerprint density at radius 2 is 2.32 bits per heavy atom. The minimum atomic E-state index is -0.930. The van der Waals surface area contributed by atoms with Crippen LogP contribution in [0.25, 0.3) is 0 Å². The first-order chi connectivity index (χ1) is 9.00. The van der Waals surface area contributed by atoms with Gasteiger partial charge in [0.1, 0.15) is 0 Å². The molecule has 1 aliphatic rings. The van der Waals surface area contributed by atoms with Gasteiger partial charge in [0, 0.05) is 30.5 Å². The van der Waals surface area contributed by atoms with Crippen molar-refractivity contribution in [2.24, 2.45) is 0 Å². The number of nitro benzene ring substituents is 1. The lowest BCUT2D eigenvalue weighted by Crippen LogP contribution is -2.37. The third-order valence-corrected chi connectivity index (χ3v) is 4.31. The molecule has 102 valence electrons. The van der Waals surface area contributed by atoms with Gasteiger partial charge in [-0.1, -0.05) is 0 Å². The molecule has 0 spiro atoms. The maximum absolute atomic E-state index is 13.2. The average molecular weight is 284 g/mol. The number of amides is 1. The number of benzene rings is 1. The Labute approximate surface area is 113 Å². The Morgan fingerprint density at radius 3 is 2.89 bits per heavy atom. The molecule has 1 fully saturated rings. The molecule has 0 radical (unpaired) electrons. The molecule has 1 saturated heterocycles. The van der Waals surface area contributed by atoms with Gasteiger partial charge in [-0.05, 0) is 24.3 Å². The van der Waals surface area contributed by atoms with Crippen molar-refractivity contribution in [2.75, 3.05) is 18.6 Å². The van der Waals surface area contributed by atoms with Crippen LogP contribution >= 0.6 is 11.8 Å². The van der Waals surface area contributed by atoms with Crippen LogP contribution in [0.5, 0.6) is 0 Å². The monoisotopic (exact) mass is 284 g/mol. The van der Waals surface area contributed by atoms with E-state index in [0.717, 1.165) is 30.1 Å². The summed E-state index contributed by atoms with van der Waals surface area (Å²) >= 11 is 1.77. The zero-order valence-corrected chi connectivity index (χ0v) is 11.2. The number of hydrogen-bond acceptors (Lipinski definition) is 4. The van der Waals surface area contributed by atoms with Crippen molar-refractivity contribution in [3.8, 4) is 0 Å². The van der Waals surface area contributed by atoms with Crippen LogP contribution in [0.15, 0.2) is 18.2 Å². The second-order valence-electron chi connectivity index (χ2n) is 4.36. The first-order valence-electron chi connectivity index (χ1n) is 5.79. The maximum Gasteiger partial charge on any atom is 0.305 e. The van der Waals surface area contributed by atoms with Crippen LogP contribution in [0.1, 0.15) is 16.8 Å². The summed E-state index contributed by atoms with van der Waals surface area (Å²) in [4.78, 5) is 23.6. The summed E-state index contributed by atoms with van der Waals surface area (Å²) in [6.07, 6.45) is 0.913. The van der Waals surface area contributed by atoms with Gasteiger partial charge in [-0.2, -0.15) is 16.2 Å². The summed E-state index contributed by atoms with van der Waals surface area (Å²) in [5, 5.41) is 10.7. The number of carbonyl (C=O) groups excluding carboxylic acids is 1. The molecule has 5 nitrogen and oxygen atoms in total. The predicted molar refractivity (Wildman–Crippen MR) is 70.9 cm³/mol. The minimum absolute atomic E-state index is 0.140. The number of nitro groups is 1. The van der Waals surface area contributed by atoms with E-state index in [1.165, 1.54) is 6.07 Å². The number of nitrogens with zero attached hydrogens (tertiary/aromatic N) is 2. The van der Waals surface area contributed by atoms with E-state index in [9.17, 15) is 19.3 Å². The highest BCUT2D eigenvalue weighted by molar-refractivity contribution is 7.99. The zero-order chi connectivity index (χ0) is 14.0. The molecule has 1 amide bonds. The molecular weight excluding hydrogens is 271 g/mol.